The van der Waals surface area contributed by atoms with Crippen LogP contribution in [-0.2, 0) is 0 Å². The molecule has 4 heteroatoms. The van der Waals surface area contributed by atoms with E-state index in [0.29, 0.717) is 5.56 Å². The average molecular weight is 492 g/mol. The van der Waals surface area contributed by atoms with E-state index in [-0.39, 0.29) is 17.5 Å². The number of carbonyl (C=O) groups is 1. The molecule has 4 aromatic rings. The summed E-state index contributed by atoms with van der Waals surface area (Å²) in [6, 6.07) is 28.9. The van der Waals surface area contributed by atoms with Gasteiger partial charge in [-0.3, -0.25) is 4.79 Å². The minimum absolute atomic E-state index is 0.0452. The monoisotopic (exact) mass is 491 g/mol. The van der Waals surface area contributed by atoms with E-state index in [1.165, 1.54) is 5.56 Å². The maximum Gasteiger partial charge on any atom is 0.193 e. The van der Waals surface area contributed by atoms with Gasteiger partial charge in [-0.15, -0.1) is 0 Å². The number of hydrogen-bond donors (Lipinski definition) is 2. The van der Waals surface area contributed by atoms with Gasteiger partial charge in [0.1, 0.15) is 5.75 Å². The first-order chi connectivity index (χ1) is 17.9. The number of nitrogens with zero attached hydrogens (tertiary/aromatic N) is 1. The van der Waals surface area contributed by atoms with Gasteiger partial charge in [0, 0.05) is 29.9 Å². The normalized spacial score (nSPS) is 14.9. The van der Waals surface area contributed by atoms with Crippen molar-refractivity contribution in [3.63, 3.8) is 0 Å². The number of aromatic hydroxyl groups is 1. The minimum atomic E-state index is -0.551. The number of aliphatic hydroxyl groups is 1. The van der Waals surface area contributed by atoms with Crippen molar-refractivity contribution in [2.24, 2.45) is 5.92 Å². The van der Waals surface area contributed by atoms with Gasteiger partial charge < -0.3 is 15.1 Å². The molecule has 4 aromatic carbocycles. The Morgan fingerprint density at radius 1 is 0.811 bits per heavy atom. The first-order valence-electron chi connectivity index (χ1n) is 12.9. The first kappa shape index (κ1) is 24.8. The van der Waals surface area contributed by atoms with Crippen molar-refractivity contribution in [3.05, 3.63) is 119 Å². The Balaban J connectivity index is 1.24. The van der Waals surface area contributed by atoms with E-state index in [1.54, 1.807) is 12.1 Å². The van der Waals surface area contributed by atoms with Crippen LogP contribution in [-0.4, -0.2) is 29.1 Å². The van der Waals surface area contributed by atoms with Crippen molar-refractivity contribution < 1.29 is 15.0 Å². The van der Waals surface area contributed by atoms with Crippen LogP contribution in [0.25, 0.3) is 11.1 Å². The summed E-state index contributed by atoms with van der Waals surface area (Å²) in [7, 11) is 0. The Labute approximate surface area is 218 Å². The first-order valence-corrected chi connectivity index (χ1v) is 12.9. The third-order valence-electron chi connectivity index (χ3n) is 7.71. The minimum Gasteiger partial charge on any atom is -0.508 e. The Bertz CT molecular complexity index is 1380. The zero-order chi connectivity index (χ0) is 25.9. The lowest BCUT2D eigenvalue weighted by molar-refractivity contribution is 0.0934. The molecule has 1 atom stereocenters. The maximum absolute atomic E-state index is 12.9. The second-order valence-electron chi connectivity index (χ2n) is 10.1. The van der Waals surface area contributed by atoms with E-state index < -0.39 is 6.10 Å². The number of anilines is 1. The molecule has 0 radical (unpaired) electrons. The predicted molar refractivity (Wildman–Crippen MR) is 149 cm³/mol. The van der Waals surface area contributed by atoms with Gasteiger partial charge in [0.25, 0.3) is 0 Å². The molecule has 37 heavy (non-hydrogen) atoms. The number of carbonyl (C=O) groups excluding carboxylic acids is 1. The summed E-state index contributed by atoms with van der Waals surface area (Å²) in [5.74, 6) is 0.445. The molecule has 1 unspecified atom stereocenters. The summed E-state index contributed by atoms with van der Waals surface area (Å²) >= 11 is 0. The summed E-state index contributed by atoms with van der Waals surface area (Å²) < 4.78 is 0. The van der Waals surface area contributed by atoms with E-state index in [9.17, 15) is 15.0 Å². The Morgan fingerprint density at radius 3 is 2.14 bits per heavy atom. The van der Waals surface area contributed by atoms with E-state index in [1.807, 2.05) is 85.8 Å². The molecule has 0 amide bonds. The number of benzene rings is 4. The number of hydrogen-bond acceptors (Lipinski definition) is 4. The SMILES string of the molecule is Cc1ccc(C(=O)c2ccc(N3CCC(C(O)c4ccccc4-c4ccc(O)cc4)CC3)cc2)cc1C. The van der Waals surface area contributed by atoms with Crippen molar-refractivity contribution in [3.8, 4) is 16.9 Å². The molecule has 1 aliphatic heterocycles. The van der Waals surface area contributed by atoms with Gasteiger partial charge in [-0.1, -0.05) is 48.5 Å². The second kappa shape index (κ2) is 10.6. The molecule has 188 valence electrons. The van der Waals surface area contributed by atoms with E-state index in [2.05, 4.69) is 11.8 Å². The van der Waals surface area contributed by atoms with Crippen molar-refractivity contribution in [1.29, 1.82) is 0 Å². The van der Waals surface area contributed by atoms with Gasteiger partial charge in [-0.25, -0.2) is 0 Å². The molecule has 1 aliphatic rings. The Morgan fingerprint density at radius 2 is 1.46 bits per heavy atom. The smallest absolute Gasteiger partial charge is 0.193 e. The fourth-order valence-corrected chi connectivity index (χ4v) is 5.26. The predicted octanol–water partition coefficient (Wildman–Crippen LogP) is 6.86. The Kier molecular flexibility index (Phi) is 7.11. The van der Waals surface area contributed by atoms with Crippen LogP contribution in [0.15, 0.2) is 91.0 Å². The number of aliphatic hydroxyl groups excluding tert-OH is 1. The molecule has 0 spiro atoms. The highest BCUT2D eigenvalue weighted by molar-refractivity contribution is 6.09. The number of aryl methyl sites for hydroxylation is 2. The molecule has 0 aromatic heterocycles. The van der Waals surface area contributed by atoms with Crippen molar-refractivity contribution in [1.82, 2.24) is 0 Å². The molecule has 0 aliphatic carbocycles. The number of phenolic OH excluding ortho intramolecular Hbond substituents is 1. The second-order valence-corrected chi connectivity index (χ2v) is 10.1. The topological polar surface area (TPSA) is 60.8 Å². The summed E-state index contributed by atoms with van der Waals surface area (Å²) in [6.45, 7) is 5.79. The summed E-state index contributed by atoms with van der Waals surface area (Å²) in [6.07, 6.45) is 1.22. The van der Waals surface area contributed by atoms with E-state index >= 15 is 0 Å². The number of phenols is 1. The van der Waals surface area contributed by atoms with E-state index in [0.717, 1.165) is 59.4 Å². The van der Waals surface area contributed by atoms with Crippen LogP contribution >= 0.6 is 0 Å². The third-order valence-corrected chi connectivity index (χ3v) is 7.71. The van der Waals surface area contributed by atoms with E-state index in [4.69, 9.17) is 0 Å². The van der Waals surface area contributed by atoms with Gasteiger partial charge in [0.2, 0.25) is 0 Å². The number of rotatable bonds is 6. The van der Waals surface area contributed by atoms with Gasteiger partial charge in [-0.05, 0) is 103 Å². The molecule has 1 fully saturated rings. The molecular weight excluding hydrogens is 458 g/mol. The van der Waals surface area contributed by atoms with Gasteiger partial charge >= 0.3 is 0 Å². The molecular formula is C33H33NO3. The fraction of sp³-hybridized carbons (Fsp3) is 0.242. The van der Waals surface area contributed by atoms with Gasteiger partial charge in [0.05, 0.1) is 6.10 Å². The quantitative estimate of drug-likeness (QED) is 0.289. The van der Waals surface area contributed by atoms with Crippen LogP contribution in [0.5, 0.6) is 5.75 Å². The average Bonchev–Trinajstić information content (AvgIpc) is 2.94. The molecule has 2 N–H and O–H groups in total. The highest BCUT2D eigenvalue weighted by atomic mass is 16.3. The highest BCUT2D eigenvalue weighted by Crippen LogP contribution is 2.37. The zero-order valence-electron chi connectivity index (χ0n) is 21.4. The summed E-state index contributed by atoms with van der Waals surface area (Å²) in [5.41, 5.74) is 7.75. The van der Waals surface area contributed by atoms with Gasteiger partial charge in [0.15, 0.2) is 5.78 Å². The third kappa shape index (κ3) is 5.30. The Hall–Kier alpha value is -3.89. The molecule has 1 heterocycles. The van der Waals surface area contributed by atoms with Crippen LogP contribution in [0.1, 0.15) is 51.6 Å². The maximum atomic E-state index is 12.9. The van der Waals surface area contributed by atoms with Crippen molar-refractivity contribution in [2.75, 3.05) is 18.0 Å². The zero-order valence-corrected chi connectivity index (χ0v) is 21.4. The van der Waals surface area contributed by atoms with Crippen LogP contribution in [0, 0.1) is 19.8 Å². The van der Waals surface area contributed by atoms with Crippen molar-refractivity contribution >= 4 is 11.5 Å². The lowest BCUT2D eigenvalue weighted by Gasteiger charge is -2.36. The lowest BCUT2D eigenvalue weighted by Crippen LogP contribution is -2.35. The molecule has 1 saturated heterocycles. The fourth-order valence-electron chi connectivity index (χ4n) is 5.26. The van der Waals surface area contributed by atoms with Gasteiger partial charge in [-0.2, -0.15) is 0 Å². The lowest BCUT2D eigenvalue weighted by atomic mass is 9.84. The number of piperidine rings is 1. The largest absolute Gasteiger partial charge is 0.508 e. The summed E-state index contributed by atoms with van der Waals surface area (Å²) in [5, 5.41) is 21.0. The van der Waals surface area contributed by atoms with Crippen LogP contribution in [0.2, 0.25) is 0 Å². The standard InChI is InChI=1S/C33H33NO3/c1-22-7-8-27(21-23(22)2)32(36)25-9-13-28(14-10-25)34-19-17-26(18-20-34)33(37)31-6-4-3-5-30(31)24-11-15-29(35)16-12-24/h3-16,21,26,33,35,37H,17-20H2,1-2H3. The summed E-state index contributed by atoms with van der Waals surface area (Å²) in [4.78, 5) is 15.3. The van der Waals surface area contributed by atoms with Crippen molar-refractivity contribution in [2.45, 2.75) is 32.8 Å². The van der Waals surface area contributed by atoms with Crippen LogP contribution < -0.4 is 4.90 Å². The van der Waals surface area contributed by atoms with Crippen LogP contribution in [0.4, 0.5) is 5.69 Å². The van der Waals surface area contributed by atoms with Crippen LogP contribution in [0.3, 0.4) is 0 Å². The highest BCUT2D eigenvalue weighted by Gasteiger charge is 2.28. The molecule has 5 rings (SSSR count). The number of ketones is 1. The molecule has 4 nitrogen and oxygen atoms in total. The molecule has 0 bridgehead atoms. The molecule has 0 saturated carbocycles.